The molecule has 1 aliphatic heterocycles. The highest BCUT2D eigenvalue weighted by atomic mass is 35.5. The third-order valence-electron chi connectivity index (χ3n) is 3.72. The first-order valence-electron chi connectivity index (χ1n) is 7.74. The highest BCUT2D eigenvalue weighted by Crippen LogP contribution is 2.19. The van der Waals surface area contributed by atoms with Crippen LogP contribution < -0.4 is 16.4 Å². The number of anilines is 1. The number of hydrogen-bond donors (Lipinski definition) is 3. The summed E-state index contributed by atoms with van der Waals surface area (Å²) in [4.78, 5) is 25.4. The van der Waals surface area contributed by atoms with Crippen LogP contribution in [0.5, 0.6) is 0 Å². The molecule has 1 aliphatic rings. The molecule has 0 bridgehead atoms. The summed E-state index contributed by atoms with van der Waals surface area (Å²) < 4.78 is 0. The molecule has 2 rings (SSSR count). The summed E-state index contributed by atoms with van der Waals surface area (Å²) in [5.41, 5.74) is 8.17. The number of carbonyl (C=O) groups is 2. The molecule has 142 valence electrons. The molecule has 1 saturated heterocycles. The Hall–Kier alpha value is -0.990. The summed E-state index contributed by atoms with van der Waals surface area (Å²) in [6.07, 6.45) is 0. The summed E-state index contributed by atoms with van der Waals surface area (Å²) in [5, 5.41) is 5.32. The van der Waals surface area contributed by atoms with Gasteiger partial charge < -0.3 is 16.4 Å². The maximum atomic E-state index is 11.9. The molecule has 4 N–H and O–H groups in total. The Morgan fingerprint density at radius 1 is 1.20 bits per heavy atom. The average Bonchev–Trinajstić information content (AvgIpc) is 2.56. The van der Waals surface area contributed by atoms with E-state index in [4.69, 9.17) is 5.73 Å². The number of thioether (sulfide) groups is 1. The Bertz CT molecular complexity index is 569. The van der Waals surface area contributed by atoms with E-state index in [1.165, 1.54) is 17.1 Å². The molecule has 2 amide bonds. The third kappa shape index (κ3) is 8.29. The molecule has 0 aliphatic carbocycles. The Balaban J connectivity index is 0.00000288. The number of nitrogens with two attached hydrogens (primary N) is 1. The second-order valence-electron chi connectivity index (χ2n) is 5.57. The second-order valence-corrected chi connectivity index (χ2v) is 6.79. The molecule has 0 saturated carbocycles. The standard InChI is InChI=1S/C16H24N4O2S.2ClH/c1-12-2-3-13(11-20-4-6-23-7-5-20)8-14(12)19-16(22)10-18-15(21)9-17;;/h2-3,8H,4-7,9-11,17H2,1H3,(H,18,21)(H,19,22);2*1H. The lowest BCUT2D eigenvalue weighted by molar-refractivity contribution is -0.123. The fourth-order valence-corrected chi connectivity index (χ4v) is 3.34. The highest BCUT2D eigenvalue weighted by Gasteiger charge is 2.12. The largest absolute Gasteiger partial charge is 0.346 e. The van der Waals surface area contributed by atoms with Gasteiger partial charge >= 0.3 is 0 Å². The molecule has 9 heteroatoms. The molecule has 6 nitrogen and oxygen atoms in total. The van der Waals surface area contributed by atoms with Gasteiger partial charge in [-0.15, -0.1) is 24.8 Å². The van der Waals surface area contributed by atoms with Gasteiger partial charge in [-0.3, -0.25) is 14.5 Å². The van der Waals surface area contributed by atoms with Crippen LogP contribution >= 0.6 is 36.6 Å². The molecule has 0 atom stereocenters. The maximum absolute atomic E-state index is 11.9. The number of benzene rings is 1. The summed E-state index contributed by atoms with van der Waals surface area (Å²) in [7, 11) is 0. The van der Waals surface area contributed by atoms with E-state index in [1.807, 2.05) is 30.8 Å². The van der Waals surface area contributed by atoms with E-state index in [1.54, 1.807) is 0 Å². The summed E-state index contributed by atoms with van der Waals surface area (Å²) in [6.45, 7) is 4.87. The van der Waals surface area contributed by atoms with E-state index in [-0.39, 0.29) is 49.7 Å². The quantitative estimate of drug-likeness (QED) is 0.661. The summed E-state index contributed by atoms with van der Waals surface area (Å²) in [5.74, 6) is 1.77. The van der Waals surface area contributed by atoms with Gasteiger partial charge in [-0.25, -0.2) is 0 Å². The van der Waals surface area contributed by atoms with E-state index in [2.05, 4.69) is 21.6 Å². The van der Waals surface area contributed by atoms with Crippen molar-refractivity contribution >= 4 is 54.1 Å². The van der Waals surface area contributed by atoms with Gasteiger partial charge in [-0.1, -0.05) is 12.1 Å². The zero-order chi connectivity index (χ0) is 16.7. The van der Waals surface area contributed by atoms with E-state index in [9.17, 15) is 9.59 Å². The van der Waals surface area contributed by atoms with Crippen molar-refractivity contribution in [3.8, 4) is 0 Å². The number of hydrogen-bond acceptors (Lipinski definition) is 5. The minimum atomic E-state index is -0.339. The first kappa shape index (κ1) is 24.0. The van der Waals surface area contributed by atoms with Gasteiger partial charge in [-0.05, 0) is 24.1 Å². The van der Waals surface area contributed by atoms with Crippen LogP contribution in [-0.2, 0) is 16.1 Å². The van der Waals surface area contributed by atoms with Crippen LogP contribution in [0.1, 0.15) is 11.1 Å². The monoisotopic (exact) mass is 408 g/mol. The Labute approximate surface area is 165 Å². The molecular formula is C16H26Cl2N4O2S. The van der Waals surface area contributed by atoms with Gasteiger partial charge in [0.15, 0.2) is 0 Å². The van der Waals surface area contributed by atoms with E-state index in [0.29, 0.717) is 0 Å². The van der Waals surface area contributed by atoms with Gasteiger partial charge in [-0.2, -0.15) is 11.8 Å². The van der Waals surface area contributed by atoms with Crippen LogP contribution in [0.4, 0.5) is 5.69 Å². The molecule has 0 spiro atoms. The van der Waals surface area contributed by atoms with Gasteiger partial charge in [0.25, 0.3) is 0 Å². The first-order valence-corrected chi connectivity index (χ1v) is 8.90. The normalized spacial score (nSPS) is 14.0. The number of aryl methyl sites for hydroxylation is 1. The van der Waals surface area contributed by atoms with E-state index < -0.39 is 0 Å². The van der Waals surface area contributed by atoms with Crippen molar-refractivity contribution in [1.82, 2.24) is 10.2 Å². The van der Waals surface area contributed by atoms with Crippen LogP contribution in [0.3, 0.4) is 0 Å². The van der Waals surface area contributed by atoms with Crippen LogP contribution in [0.25, 0.3) is 0 Å². The van der Waals surface area contributed by atoms with E-state index in [0.717, 1.165) is 30.9 Å². The van der Waals surface area contributed by atoms with Crippen molar-refractivity contribution in [1.29, 1.82) is 0 Å². The van der Waals surface area contributed by atoms with Crippen molar-refractivity contribution in [2.45, 2.75) is 13.5 Å². The zero-order valence-electron chi connectivity index (χ0n) is 14.2. The molecule has 1 aromatic rings. The summed E-state index contributed by atoms with van der Waals surface area (Å²) >= 11 is 1.99. The summed E-state index contributed by atoms with van der Waals surface area (Å²) in [6, 6.07) is 6.13. The number of nitrogens with zero attached hydrogens (tertiary/aromatic N) is 1. The molecule has 0 aromatic heterocycles. The third-order valence-corrected chi connectivity index (χ3v) is 4.66. The molecule has 1 heterocycles. The van der Waals surface area contributed by atoms with Gasteiger partial charge in [0, 0.05) is 36.8 Å². The molecule has 1 fully saturated rings. The zero-order valence-corrected chi connectivity index (χ0v) is 16.7. The number of rotatable bonds is 6. The minimum absolute atomic E-state index is 0. The lowest BCUT2D eigenvalue weighted by Gasteiger charge is -2.26. The van der Waals surface area contributed by atoms with Gasteiger partial charge in [0.05, 0.1) is 13.1 Å². The first-order chi connectivity index (χ1) is 11.1. The topological polar surface area (TPSA) is 87.5 Å². The molecule has 1 aromatic carbocycles. The van der Waals surface area contributed by atoms with Gasteiger partial charge in [0.1, 0.15) is 0 Å². The maximum Gasteiger partial charge on any atom is 0.243 e. The fourth-order valence-electron chi connectivity index (χ4n) is 2.37. The van der Waals surface area contributed by atoms with Crippen LogP contribution in [0, 0.1) is 6.92 Å². The predicted molar refractivity (Wildman–Crippen MR) is 109 cm³/mol. The van der Waals surface area contributed by atoms with Crippen LogP contribution in [-0.4, -0.2) is 54.4 Å². The van der Waals surface area contributed by atoms with Crippen LogP contribution in [0.2, 0.25) is 0 Å². The van der Waals surface area contributed by atoms with E-state index >= 15 is 0 Å². The highest BCUT2D eigenvalue weighted by molar-refractivity contribution is 7.99. The second kappa shape index (κ2) is 12.4. The minimum Gasteiger partial charge on any atom is -0.346 e. The van der Waals surface area contributed by atoms with Crippen molar-refractivity contribution < 1.29 is 9.59 Å². The van der Waals surface area contributed by atoms with Crippen molar-refractivity contribution in [2.75, 3.05) is 43.0 Å². The van der Waals surface area contributed by atoms with Gasteiger partial charge in [0.2, 0.25) is 11.8 Å². The lowest BCUT2D eigenvalue weighted by Crippen LogP contribution is -2.36. The Morgan fingerprint density at radius 3 is 2.52 bits per heavy atom. The molecule has 0 radical (unpaired) electrons. The number of amides is 2. The van der Waals surface area contributed by atoms with Crippen LogP contribution in [0.15, 0.2) is 18.2 Å². The Kier molecular flexibility index (Phi) is 11.9. The fraction of sp³-hybridized carbons (Fsp3) is 0.500. The van der Waals surface area contributed by atoms with Crippen molar-refractivity contribution in [3.05, 3.63) is 29.3 Å². The Morgan fingerprint density at radius 2 is 1.88 bits per heavy atom. The molecular weight excluding hydrogens is 383 g/mol. The molecule has 0 unspecified atom stereocenters. The number of halogens is 2. The SMILES string of the molecule is Cc1ccc(CN2CCSCC2)cc1NC(=O)CNC(=O)CN.Cl.Cl. The molecule has 25 heavy (non-hydrogen) atoms. The lowest BCUT2D eigenvalue weighted by atomic mass is 10.1. The smallest absolute Gasteiger partial charge is 0.243 e. The van der Waals surface area contributed by atoms with Crippen molar-refractivity contribution in [2.24, 2.45) is 5.73 Å². The van der Waals surface area contributed by atoms with Crippen molar-refractivity contribution in [3.63, 3.8) is 0 Å². The number of carbonyl (C=O) groups excluding carboxylic acids is 2. The predicted octanol–water partition coefficient (Wildman–Crippen LogP) is 1.40. The average molecular weight is 409 g/mol. The number of nitrogens with one attached hydrogen (secondary N) is 2.